The smallest absolute Gasteiger partial charge is 0.184 e. The summed E-state index contributed by atoms with van der Waals surface area (Å²) < 4.78 is 11.9. The average Bonchev–Trinajstić information content (AvgIpc) is 2.38. The Morgan fingerprint density at radius 3 is 2.10 bits per heavy atom. The predicted octanol–water partition coefficient (Wildman–Crippen LogP) is 4.02. The van der Waals surface area contributed by atoms with Gasteiger partial charge in [-0.3, -0.25) is 0 Å². The first-order valence-electron chi connectivity index (χ1n) is 7.57. The van der Waals surface area contributed by atoms with Crippen molar-refractivity contribution in [2.75, 3.05) is 13.7 Å². The average molecular weight is 323 g/mol. The number of hydrogen-bond acceptors (Lipinski definition) is 2. The van der Waals surface area contributed by atoms with Crippen LogP contribution in [0.4, 0.5) is 0 Å². The normalized spacial score (nSPS) is 15.5. The molecule has 1 aromatic carbocycles. The first kappa shape index (κ1) is 18.4. The summed E-state index contributed by atoms with van der Waals surface area (Å²) in [4.78, 5) is 0. The van der Waals surface area contributed by atoms with Crippen molar-refractivity contribution < 1.29 is 9.16 Å². The van der Waals surface area contributed by atoms with Crippen LogP contribution in [0, 0.1) is 0 Å². The van der Waals surface area contributed by atoms with E-state index in [1.54, 1.807) is 7.11 Å². The summed E-state index contributed by atoms with van der Waals surface area (Å²) in [7, 11) is -1.58. The minimum atomic E-state index is -1.71. The molecule has 2 nitrogen and oxygen atoms in total. The maximum atomic E-state index is 6.42. The molecule has 0 heterocycles. The van der Waals surface area contributed by atoms with E-state index in [0.717, 1.165) is 0 Å². The summed E-state index contributed by atoms with van der Waals surface area (Å²) in [6.45, 7) is 16.2. The second-order valence-corrected chi connectivity index (χ2v) is 16.2. The Morgan fingerprint density at radius 1 is 1.10 bits per heavy atom. The third kappa shape index (κ3) is 5.22. The van der Waals surface area contributed by atoms with Crippen molar-refractivity contribution in [3.8, 4) is 0 Å². The fraction of sp³-hybridized carbons (Fsp3) is 0.529. The van der Waals surface area contributed by atoms with Crippen LogP contribution in [0.5, 0.6) is 0 Å². The van der Waals surface area contributed by atoms with Crippen LogP contribution in [0.15, 0.2) is 43.0 Å². The first-order chi connectivity index (χ1) is 9.72. The predicted molar refractivity (Wildman–Crippen MR) is 97.6 cm³/mol. The van der Waals surface area contributed by atoms with Gasteiger partial charge in [0.25, 0.3) is 0 Å². The van der Waals surface area contributed by atoms with Crippen molar-refractivity contribution in [1.82, 2.24) is 0 Å². The van der Waals surface area contributed by atoms with Crippen LogP contribution in [0.2, 0.25) is 38.3 Å². The topological polar surface area (TPSA) is 18.5 Å². The molecule has 0 bridgehead atoms. The zero-order chi connectivity index (χ0) is 16.1. The fourth-order valence-electron chi connectivity index (χ4n) is 2.80. The molecule has 118 valence electrons. The highest BCUT2D eigenvalue weighted by molar-refractivity contribution is 6.91. The molecule has 0 fully saturated rings. The van der Waals surface area contributed by atoms with E-state index in [4.69, 9.17) is 9.16 Å². The van der Waals surface area contributed by atoms with E-state index in [9.17, 15) is 0 Å². The lowest BCUT2D eigenvalue weighted by Gasteiger charge is -2.39. The van der Waals surface area contributed by atoms with E-state index in [-0.39, 0.29) is 6.10 Å². The molecule has 1 aromatic rings. The molecule has 0 aliphatic carbocycles. The molecule has 0 aromatic heterocycles. The molecular weight excluding hydrogens is 292 g/mol. The Balaban J connectivity index is 3.09. The molecule has 0 amide bonds. The Morgan fingerprint density at radius 2 is 1.67 bits per heavy atom. The standard InChI is InChI=1S/C17H30O2Si2/c1-8-17(16(14-18-2)19-20(3,4)5)21(6,7)15-12-10-9-11-13-15/h8-13,16-17H,1,14H2,2-7H3/t16-,17-/m0/s1. The van der Waals surface area contributed by atoms with Crippen LogP contribution in [-0.2, 0) is 9.16 Å². The van der Waals surface area contributed by atoms with E-state index in [1.165, 1.54) is 5.19 Å². The van der Waals surface area contributed by atoms with Gasteiger partial charge in [0.15, 0.2) is 8.32 Å². The highest BCUT2D eigenvalue weighted by Crippen LogP contribution is 2.30. The quantitative estimate of drug-likeness (QED) is 0.531. The summed E-state index contributed by atoms with van der Waals surface area (Å²) in [6.07, 6.45) is 2.18. The number of rotatable bonds is 8. The van der Waals surface area contributed by atoms with Gasteiger partial charge in [-0.05, 0) is 19.6 Å². The minimum Gasteiger partial charge on any atom is -0.412 e. The van der Waals surface area contributed by atoms with Gasteiger partial charge in [-0.15, -0.1) is 6.58 Å². The Hall–Kier alpha value is -0.686. The summed E-state index contributed by atoms with van der Waals surface area (Å²) in [5.41, 5.74) is 0.339. The molecule has 0 N–H and O–H groups in total. The van der Waals surface area contributed by atoms with Crippen molar-refractivity contribution in [3.05, 3.63) is 43.0 Å². The molecule has 2 atom stereocenters. The Kier molecular flexibility index (Phi) is 6.59. The molecule has 0 saturated heterocycles. The molecule has 0 aliphatic rings. The third-order valence-corrected chi connectivity index (χ3v) is 8.95. The number of methoxy groups -OCH3 is 1. The van der Waals surface area contributed by atoms with Gasteiger partial charge in [0, 0.05) is 12.7 Å². The van der Waals surface area contributed by atoms with E-state index in [2.05, 4.69) is 75.7 Å². The summed E-state index contributed by atoms with van der Waals surface area (Å²) >= 11 is 0. The molecule has 0 radical (unpaired) electrons. The van der Waals surface area contributed by atoms with Gasteiger partial charge < -0.3 is 9.16 Å². The lowest BCUT2D eigenvalue weighted by atomic mass is 10.2. The zero-order valence-corrected chi connectivity index (χ0v) is 16.3. The monoisotopic (exact) mass is 322 g/mol. The second-order valence-electron chi connectivity index (χ2n) is 7.07. The molecule has 0 unspecified atom stereocenters. The molecule has 0 aliphatic heterocycles. The van der Waals surface area contributed by atoms with Gasteiger partial charge in [-0.1, -0.05) is 54.7 Å². The van der Waals surface area contributed by atoms with Crippen molar-refractivity contribution in [2.45, 2.75) is 44.4 Å². The summed E-state index contributed by atoms with van der Waals surface area (Å²) in [5, 5.41) is 1.44. The molecule has 0 saturated carbocycles. The van der Waals surface area contributed by atoms with Gasteiger partial charge in [0.05, 0.1) is 20.8 Å². The van der Waals surface area contributed by atoms with Crippen LogP contribution in [0.3, 0.4) is 0 Å². The van der Waals surface area contributed by atoms with E-state index >= 15 is 0 Å². The van der Waals surface area contributed by atoms with Crippen molar-refractivity contribution >= 4 is 21.6 Å². The van der Waals surface area contributed by atoms with Gasteiger partial charge in [0.1, 0.15) is 0 Å². The number of hydrogen-bond donors (Lipinski definition) is 0. The number of benzene rings is 1. The van der Waals surface area contributed by atoms with Crippen molar-refractivity contribution in [3.63, 3.8) is 0 Å². The van der Waals surface area contributed by atoms with Crippen LogP contribution in [0.25, 0.3) is 0 Å². The SMILES string of the molecule is C=C[C@@H]([C@H](COC)O[Si](C)(C)C)[Si](C)(C)c1ccccc1. The zero-order valence-electron chi connectivity index (χ0n) is 14.3. The lowest BCUT2D eigenvalue weighted by Crippen LogP contribution is -2.52. The van der Waals surface area contributed by atoms with E-state index < -0.39 is 16.4 Å². The summed E-state index contributed by atoms with van der Waals surface area (Å²) in [6, 6.07) is 10.8. The maximum absolute atomic E-state index is 6.42. The Labute approximate surface area is 132 Å². The highest BCUT2D eigenvalue weighted by atomic mass is 28.4. The fourth-order valence-corrected chi connectivity index (χ4v) is 7.18. The molecule has 1 rings (SSSR count). The van der Waals surface area contributed by atoms with Gasteiger partial charge in [-0.2, -0.15) is 0 Å². The highest BCUT2D eigenvalue weighted by Gasteiger charge is 2.39. The van der Waals surface area contributed by atoms with E-state index in [1.807, 2.05) is 0 Å². The lowest BCUT2D eigenvalue weighted by molar-refractivity contribution is 0.0773. The van der Waals surface area contributed by atoms with Gasteiger partial charge in [0.2, 0.25) is 0 Å². The second kappa shape index (κ2) is 7.54. The van der Waals surface area contributed by atoms with Gasteiger partial charge >= 0.3 is 0 Å². The first-order valence-corrected chi connectivity index (χ1v) is 14.1. The minimum absolute atomic E-state index is 0.0982. The van der Waals surface area contributed by atoms with Crippen LogP contribution >= 0.6 is 0 Å². The Bertz CT molecular complexity index is 438. The summed E-state index contributed by atoms with van der Waals surface area (Å²) in [5.74, 6) is 0. The van der Waals surface area contributed by atoms with Crippen molar-refractivity contribution in [1.29, 1.82) is 0 Å². The van der Waals surface area contributed by atoms with E-state index in [0.29, 0.717) is 12.1 Å². The molecule has 21 heavy (non-hydrogen) atoms. The molecule has 0 spiro atoms. The number of ether oxygens (including phenoxy) is 1. The largest absolute Gasteiger partial charge is 0.412 e. The maximum Gasteiger partial charge on any atom is 0.184 e. The molecule has 4 heteroatoms. The third-order valence-electron chi connectivity index (χ3n) is 3.84. The van der Waals surface area contributed by atoms with Crippen LogP contribution < -0.4 is 5.19 Å². The molecular formula is C17H30O2Si2. The van der Waals surface area contributed by atoms with Crippen molar-refractivity contribution in [2.24, 2.45) is 0 Å². The van der Waals surface area contributed by atoms with Gasteiger partial charge in [-0.25, -0.2) is 0 Å². The van der Waals surface area contributed by atoms with Crippen LogP contribution in [0.1, 0.15) is 0 Å². The van der Waals surface area contributed by atoms with Crippen LogP contribution in [-0.4, -0.2) is 36.2 Å².